The van der Waals surface area contributed by atoms with Gasteiger partial charge in [-0.2, -0.15) is 0 Å². The van der Waals surface area contributed by atoms with Crippen molar-refractivity contribution in [2.24, 2.45) is 0 Å². The maximum Gasteiger partial charge on any atom is -0.00926 e. The van der Waals surface area contributed by atoms with Gasteiger partial charge in [-0.15, -0.1) is 0 Å². The molecule has 10 aromatic rings. The maximum atomic E-state index is 2.39. The van der Waals surface area contributed by atoms with Crippen molar-refractivity contribution in [1.29, 1.82) is 0 Å². The van der Waals surface area contributed by atoms with Gasteiger partial charge in [-0.1, -0.05) is 170 Å². The lowest BCUT2D eigenvalue weighted by Gasteiger charge is -2.17. The van der Waals surface area contributed by atoms with Crippen molar-refractivity contribution in [3.8, 4) is 44.5 Å². The minimum absolute atomic E-state index is 1.23. The molecular weight excluding hydrogens is 601 g/mol. The van der Waals surface area contributed by atoms with E-state index in [1.54, 1.807) is 0 Å². The van der Waals surface area contributed by atoms with E-state index in [9.17, 15) is 0 Å². The van der Waals surface area contributed by atoms with Crippen molar-refractivity contribution >= 4 is 53.9 Å². The van der Waals surface area contributed by atoms with Gasteiger partial charge < -0.3 is 0 Å². The summed E-state index contributed by atoms with van der Waals surface area (Å²) >= 11 is 0. The Balaban J connectivity index is 1.25. The molecule has 0 amide bonds. The Morgan fingerprint density at radius 2 is 0.580 bits per heavy atom. The van der Waals surface area contributed by atoms with Crippen LogP contribution in [0.2, 0.25) is 0 Å². The lowest BCUT2D eigenvalue weighted by molar-refractivity contribution is 1.64. The lowest BCUT2D eigenvalue weighted by atomic mass is 9.86. The molecule has 50 heavy (non-hydrogen) atoms. The summed E-state index contributed by atoms with van der Waals surface area (Å²) in [6.07, 6.45) is 0. The van der Waals surface area contributed by atoms with Crippen molar-refractivity contribution < 1.29 is 0 Å². The Labute approximate surface area is 291 Å². The Bertz CT molecular complexity index is 2700. The molecule has 0 aliphatic carbocycles. The van der Waals surface area contributed by atoms with Crippen LogP contribution in [-0.2, 0) is 0 Å². The van der Waals surface area contributed by atoms with E-state index >= 15 is 0 Å². The van der Waals surface area contributed by atoms with Crippen LogP contribution in [0.1, 0.15) is 0 Å². The fraction of sp³-hybridized carbons (Fsp3) is 0. The molecule has 10 rings (SSSR count). The average molecular weight is 633 g/mol. The van der Waals surface area contributed by atoms with E-state index in [2.05, 4.69) is 194 Å². The number of benzene rings is 10. The molecule has 0 heteroatoms. The van der Waals surface area contributed by atoms with Crippen molar-refractivity contribution in [2.45, 2.75) is 0 Å². The fourth-order valence-electron chi connectivity index (χ4n) is 8.05. The molecule has 0 aliphatic heterocycles. The summed E-state index contributed by atoms with van der Waals surface area (Å²) in [5, 5.41) is 12.7. The molecule has 232 valence electrons. The predicted octanol–water partition coefficient (Wildman–Crippen LogP) is 14.1. The Hall–Kier alpha value is -6.50. The molecule has 0 radical (unpaired) electrons. The lowest BCUT2D eigenvalue weighted by Crippen LogP contribution is -1.90. The molecule has 0 aromatic heterocycles. The van der Waals surface area contributed by atoms with Gasteiger partial charge >= 0.3 is 0 Å². The molecule has 0 fully saturated rings. The van der Waals surface area contributed by atoms with Gasteiger partial charge in [-0.3, -0.25) is 0 Å². The molecule has 0 spiro atoms. The fourth-order valence-corrected chi connectivity index (χ4v) is 8.05. The van der Waals surface area contributed by atoms with E-state index in [0.717, 1.165) is 0 Å². The quantitative estimate of drug-likeness (QED) is 0.169. The van der Waals surface area contributed by atoms with Crippen LogP contribution in [0.4, 0.5) is 0 Å². The van der Waals surface area contributed by atoms with Gasteiger partial charge in [-0.25, -0.2) is 0 Å². The van der Waals surface area contributed by atoms with Gasteiger partial charge in [0.2, 0.25) is 0 Å². The maximum absolute atomic E-state index is 2.39. The Morgan fingerprint density at radius 3 is 1.04 bits per heavy atom. The first-order chi connectivity index (χ1) is 24.8. The van der Waals surface area contributed by atoms with Crippen LogP contribution >= 0.6 is 0 Å². The minimum Gasteiger partial charge on any atom is -0.0622 e. The second kappa shape index (κ2) is 11.6. The largest absolute Gasteiger partial charge is 0.0622 e. The van der Waals surface area contributed by atoms with Gasteiger partial charge in [0, 0.05) is 0 Å². The van der Waals surface area contributed by atoms with Crippen molar-refractivity contribution in [3.05, 3.63) is 194 Å². The van der Waals surface area contributed by atoms with Crippen LogP contribution in [0.5, 0.6) is 0 Å². The van der Waals surface area contributed by atoms with E-state index in [1.807, 2.05) is 0 Å². The van der Waals surface area contributed by atoms with Crippen LogP contribution in [0, 0.1) is 0 Å². The molecule has 0 N–H and O–H groups in total. The number of hydrogen-bond donors (Lipinski definition) is 0. The zero-order valence-electron chi connectivity index (χ0n) is 27.5. The first-order valence-corrected chi connectivity index (χ1v) is 17.3. The van der Waals surface area contributed by atoms with Crippen LogP contribution in [0.15, 0.2) is 194 Å². The summed E-state index contributed by atoms with van der Waals surface area (Å²) in [7, 11) is 0. The molecule has 0 saturated carbocycles. The van der Waals surface area contributed by atoms with Crippen LogP contribution in [-0.4, -0.2) is 0 Å². The summed E-state index contributed by atoms with van der Waals surface area (Å²) in [5.74, 6) is 0. The third kappa shape index (κ3) is 4.61. The van der Waals surface area contributed by atoms with Crippen LogP contribution < -0.4 is 0 Å². The molecule has 0 saturated heterocycles. The van der Waals surface area contributed by atoms with Gasteiger partial charge in [0.05, 0.1) is 0 Å². The van der Waals surface area contributed by atoms with E-state index in [-0.39, 0.29) is 0 Å². The predicted molar refractivity (Wildman–Crippen MR) is 216 cm³/mol. The van der Waals surface area contributed by atoms with Crippen LogP contribution in [0.3, 0.4) is 0 Å². The van der Waals surface area contributed by atoms with E-state index in [4.69, 9.17) is 0 Å². The molecule has 0 atom stereocenters. The van der Waals surface area contributed by atoms with Crippen LogP contribution in [0.25, 0.3) is 98.4 Å². The standard InChI is InChI=1S/C50H32/c1-3-13-33(14-4-1)35-25-27-45-39-19-9-7-17-37(39)31-49(47(45)29-35)43-23-11-22-42-41(43)21-12-24-44(42)50-32-38-18-8-10-20-40(38)46-28-26-36(30-48(46)50)34-15-5-2-6-16-34/h1-32H. The normalized spacial score (nSPS) is 11.6. The van der Waals surface area contributed by atoms with Gasteiger partial charge in [0.25, 0.3) is 0 Å². The molecule has 0 aliphatic rings. The average Bonchev–Trinajstić information content (AvgIpc) is 3.20. The van der Waals surface area contributed by atoms with Gasteiger partial charge in [-0.05, 0) is 123 Å². The second-order valence-electron chi connectivity index (χ2n) is 13.2. The highest BCUT2D eigenvalue weighted by molar-refractivity contribution is 6.20. The van der Waals surface area contributed by atoms with Crippen molar-refractivity contribution in [3.63, 3.8) is 0 Å². The number of hydrogen-bond acceptors (Lipinski definition) is 0. The molecule has 0 heterocycles. The van der Waals surface area contributed by atoms with E-state index in [1.165, 1.54) is 98.4 Å². The summed E-state index contributed by atoms with van der Waals surface area (Å²) in [4.78, 5) is 0. The third-order valence-corrected chi connectivity index (χ3v) is 10.4. The zero-order chi connectivity index (χ0) is 33.0. The zero-order valence-corrected chi connectivity index (χ0v) is 27.5. The number of fused-ring (bicyclic) bond motifs is 7. The van der Waals surface area contributed by atoms with Crippen molar-refractivity contribution in [1.82, 2.24) is 0 Å². The summed E-state index contributed by atoms with van der Waals surface area (Å²) in [5.41, 5.74) is 9.93. The molecule has 0 nitrogen and oxygen atoms in total. The highest BCUT2D eigenvalue weighted by Gasteiger charge is 2.16. The third-order valence-electron chi connectivity index (χ3n) is 10.4. The van der Waals surface area contributed by atoms with E-state index < -0.39 is 0 Å². The second-order valence-corrected chi connectivity index (χ2v) is 13.2. The molecule has 0 bridgehead atoms. The van der Waals surface area contributed by atoms with Crippen molar-refractivity contribution in [2.75, 3.05) is 0 Å². The topological polar surface area (TPSA) is 0 Å². The van der Waals surface area contributed by atoms with E-state index in [0.29, 0.717) is 0 Å². The highest BCUT2D eigenvalue weighted by Crippen LogP contribution is 2.44. The molecular formula is C50H32. The Kier molecular flexibility index (Phi) is 6.60. The SMILES string of the molecule is c1ccc(-c2ccc3c(c2)c(-c2cccc4c(-c5cc6ccccc6c6ccc(-c7ccccc7)cc56)cccc24)cc2ccccc23)cc1. The Morgan fingerprint density at radius 1 is 0.180 bits per heavy atom. The first-order valence-electron chi connectivity index (χ1n) is 17.3. The summed E-state index contributed by atoms with van der Waals surface area (Å²) in [6.45, 7) is 0. The first kappa shape index (κ1) is 28.5. The highest BCUT2D eigenvalue weighted by atomic mass is 14.2. The summed E-state index contributed by atoms with van der Waals surface area (Å²) in [6, 6.07) is 71.4. The monoisotopic (exact) mass is 632 g/mol. The smallest absolute Gasteiger partial charge is 0.00926 e. The summed E-state index contributed by atoms with van der Waals surface area (Å²) < 4.78 is 0. The van der Waals surface area contributed by atoms with Gasteiger partial charge in [0.15, 0.2) is 0 Å². The molecule has 10 aromatic carbocycles. The minimum atomic E-state index is 1.23. The number of rotatable bonds is 4. The van der Waals surface area contributed by atoms with Gasteiger partial charge in [0.1, 0.15) is 0 Å². The molecule has 0 unspecified atom stereocenters.